The first-order chi connectivity index (χ1) is 9.17. The summed E-state index contributed by atoms with van der Waals surface area (Å²) < 4.78 is 31.8. The Morgan fingerprint density at radius 3 is 2.68 bits per heavy atom. The molecule has 0 amide bonds. The summed E-state index contributed by atoms with van der Waals surface area (Å²) in [6.07, 6.45) is 0. The molecule has 0 saturated carbocycles. The first-order valence-electron chi connectivity index (χ1n) is 6.24. The van der Waals surface area contributed by atoms with Crippen molar-refractivity contribution >= 4 is 0 Å². The number of piperazine rings is 1. The Labute approximate surface area is 111 Å². The Hall–Kier alpha value is -1.40. The fraction of sp³-hybridized carbons (Fsp3) is 0.538. The van der Waals surface area contributed by atoms with Gasteiger partial charge in [-0.2, -0.15) is 0 Å². The third-order valence-corrected chi connectivity index (χ3v) is 3.39. The summed E-state index contributed by atoms with van der Waals surface area (Å²) in [5.74, 6) is -0.702. The lowest BCUT2D eigenvalue weighted by Crippen LogP contribution is -2.45. The number of benzene rings is 1. The average Bonchev–Trinajstić information content (AvgIpc) is 2.44. The van der Waals surface area contributed by atoms with Gasteiger partial charge in [-0.25, -0.2) is 8.78 Å². The second-order valence-corrected chi connectivity index (χ2v) is 4.50. The Morgan fingerprint density at radius 2 is 2.11 bits per heavy atom. The second kappa shape index (κ2) is 6.16. The summed E-state index contributed by atoms with van der Waals surface area (Å²) in [5.41, 5.74) is 0.237. The van der Waals surface area contributed by atoms with Crippen LogP contribution in [-0.2, 0) is 0 Å². The molecule has 0 unspecified atom stereocenters. The van der Waals surface area contributed by atoms with Crippen molar-refractivity contribution in [3.05, 3.63) is 23.5 Å². The number of phenolic OH excluding ortho intramolecular Hbond substituents is 1. The Bertz CT molecular complexity index is 437. The van der Waals surface area contributed by atoms with E-state index in [0.717, 1.165) is 19.2 Å². The number of hydrogen-bond donors (Lipinski definition) is 2. The normalized spacial score (nSPS) is 18.3. The second-order valence-electron chi connectivity index (χ2n) is 4.50. The predicted octanol–water partition coefficient (Wildman–Crippen LogP) is 1.46. The highest BCUT2D eigenvalue weighted by atomic mass is 19.1. The van der Waals surface area contributed by atoms with Crippen LogP contribution in [0.25, 0.3) is 0 Å². The molecule has 1 atom stereocenters. The van der Waals surface area contributed by atoms with Crippen LogP contribution in [0.1, 0.15) is 11.6 Å². The van der Waals surface area contributed by atoms with Gasteiger partial charge >= 0.3 is 0 Å². The van der Waals surface area contributed by atoms with Gasteiger partial charge in [-0.15, -0.1) is 0 Å². The molecule has 4 nitrogen and oxygen atoms in total. The fourth-order valence-electron chi connectivity index (χ4n) is 2.38. The zero-order valence-electron chi connectivity index (χ0n) is 10.8. The number of nitrogens with zero attached hydrogens (tertiary/aromatic N) is 1. The lowest BCUT2D eigenvalue weighted by atomic mass is 10.0. The summed E-state index contributed by atoms with van der Waals surface area (Å²) >= 11 is 0. The van der Waals surface area contributed by atoms with E-state index in [0.29, 0.717) is 13.1 Å². The maximum absolute atomic E-state index is 13.5. The standard InChI is InChI=1S/C13H18F2N2O2/c1-19-12-7-9(15)6-10(13(12)18)11(8-14)17-4-2-16-3-5-17/h6-7,11,16,18H,2-5,8H2,1H3/t11-/m1/s1. The van der Waals surface area contributed by atoms with E-state index in [1.165, 1.54) is 13.2 Å². The highest BCUT2D eigenvalue weighted by Gasteiger charge is 2.26. The Kier molecular flexibility index (Phi) is 4.55. The molecule has 0 bridgehead atoms. The summed E-state index contributed by atoms with van der Waals surface area (Å²) in [4.78, 5) is 1.89. The maximum Gasteiger partial charge on any atom is 0.163 e. The van der Waals surface area contributed by atoms with E-state index in [1.54, 1.807) is 0 Å². The molecule has 0 spiro atoms. The van der Waals surface area contributed by atoms with Crippen molar-refractivity contribution < 1.29 is 18.6 Å². The van der Waals surface area contributed by atoms with E-state index in [-0.39, 0.29) is 17.1 Å². The van der Waals surface area contributed by atoms with Crippen LogP contribution in [0.2, 0.25) is 0 Å². The van der Waals surface area contributed by atoms with Crippen LogP contribution < -0.4 is 10.1 Å². The van der Waals surface area contributed by atoms with E-state index in [9.17, 15) is 13.9 Å². The SMILES string of the molecule is COc1cc(F)cc([C@@H](CF)N2CCNCC2)c1O. The summed E-state index contributed by atoms with van der Waals surface area (Å²) in [6, 6.07) is 1.61. The molecular formula is C13H18F2N2O2. The average molecular weight is 272 g/mol. The lowest BCUT2D eigenvalue weighted by Gasteiger charge is -2.34. The molecule has 0 radical (unpaired) electrons. The van der Waals surface area contributed by atoms with Crippen molar-refractivity contribution in [2.45, 2.75) is 6.04 Å². The quantitative estimate of drug-likeness (QED) is 0.871. The highest BCUT2D eigenvalue weighted by Crippen LogP contribution is 2.37. The first-order valence-corrected chi connectivity index (χ1v) is 6.24. The number of alkyl halides is 1. The van der Waals surface area contributed by atoms with Crippen molar-refractivity contribution in [2.24, 2.45) is 0 Å². The molecule has 0 aromatic heterocycles. The van der Waals surface area contributed by atoms with Gasteiger partial charge in [-0.1, -0.05) is 0 Å². The predicted molar refractivity (Wildman–Crippen MR) is 67.8 cm³/mol. The molecule has 2 N–H and O–H groups in total. The van der Waals surface area contributed by atoms with Gasteiger partial charge in [0.15, 0.2) is 11.5 Å². The van der Waals surface area contributed by atoms with Gasteiger partial charge in [0, 0.05) is 37.8 Å². The van der Waals surface area contributed by atoms with Crippen LogP contribution >= 0.6 is 0 Å². The van der Waals surface area contributed by atoms with Crippen molar-refractivity contribution in [1.29, 1.82) is 0 Å². The van der Waals surface area contributed by atoms with Crippen molar-refractivity contribution in [1.82, 2.24) is 10.2 Å². The first kappa shape index (κ1) is 14.0. The molecular weight excluding hydrogens is 254 g/mol. The Morgan fingerprint density at radius 1 is 1.42 bits per heavy atom. The topological polar surface area (TPSA) is 44.7 Å². The van der Waals surface area contributed by atoms with Gasteiger partial charge in [-0.3, -0.25) is 4.90 Å². The minimum atomic E-state index is -0.680. The minimum Gasteiger partial charge on any atom is -0.504 e. The molecule has 1 saturated heterocycles. The molecule has 1 aliphatic heterocycles. The van der Waals surface area contributed by atoms with Gasteiger partial charge < -0.3 is 15.2 Å². The Balaban J connectivity index is 2.34. The summed E-state index contributed by atoms with van der Waals surface area (Å²) in [7, 11) is 1.34. The van der Waals surface area contributed by atoms with Crippen molar-refractivity contribution in [3.63, 3.8) is 0 Å². The lowest BCUT2D eigenvalue weighted by molar-refractivity contribution is 0.144. The fourth-order valence-corrected chi connectivity index (χ4v) is 2.38. The minimum absolute atomic E-state index is 0.0311. The molecule has 106 valence electrons. The van der Waals surface area contributed by atoms with E-state index in [1.807, 2.05) is 4.90 Å². The number of ether oxygens (including phenoxy) is 1. The third-order valence-electron chi connectivity index (χ3n) is 3.39. The van der Waals surface area contributed by atoms with Crippen LogP contribution in [0.3, 0.4) is 0 Å². The van der Waals surface area contributed by atoms with E-state index in [2.05, 4.69) is 5.32 Å². The summed E-state index contributed by atoms with van der Waals surface area (Å²) in [6.45, 7) is 2.15. The van der Waals surface area contributed by atoms with Gasteiger partial charge in [-0.05, 0) is 6.07 Å². The molecule has 1 heterocycles. The molecule has 6 heteroatoms. The molecule has 1 aromatic rings. The van der Waals surface area contributed by atoms with Gasteiger partial charge in [0.1, 0.15) is 12.5 Å². The van der Waals surface area contributed by atoms with Crippen LogP contribution in [0.5, 0.6) is 11.5 Å². The number of phenols is 1. The van der Waals surface area contributed by atoms with Crippen molar-refractivity contribution in [3.8, 4) is 11.5 Å². The van der Waals surface area contributed by atoms with E-state index >= 15 is 0 Å². The summed E-state index contributed by atoms with van der Waals surface area (Å²) in [5, 5.41) is 13.2. The third kappa shape index (κ3) is 2.96. The van der Waals surface area contributed by atoms with Gasteiger partial charge in [0.2, 0.25) is 0 Å². The largest absolute Gasteiger partial charge is 0.504 e. The zero-order valence-corrected chi connectivity index (χ0v) is 10.8. The number of rotatable bonds is 4. The number of nitrogens with one attached hydrogen (secondary N) is 1. The molecule has 2 rings (SSSR count). The number of aromatic hydroxyl groups is 1. The number of hydrogen-bond acceptors (Lipinski definition) is 4. The molecule has 19 heavy (non-hydrogen) atoms. The monoisotopic (exact) mass is 272 g/mol. The van der Waals surface area contributed by atoms with Crippen molar-refractivity contribution in [2.75, 3.05) is 40.0 Å². The highest BCUT2D eigenvalue weighted by molar-refractivity contribution is 5.47. The molecule has 1 aromatic carbocycles. The number of halogens is 2. The van der Waals surface area contributed by atoms with E-state index in [4.69, 9.17) is 4.74 Å². The van der Waals surface area contributed by atoms with Gasteiger partial charge in [0.05, 0.1) is 13.2 Å². The van der Waals surface area contributed by atoms with E-state index < -0.39 is 18.5 Å². The molecule has 0 aliphatic carbocycles. The van der Waals surface area contributed by atoms with Crippen LogP contribution in [0.4, 0.5) is 8.78 Å². The van der Waals surface area contributed by atoms with Crippen LogP contribution in [0, 0.1) is 5.82 Å². The van der Waals surface area contributed by atoms with Gasteiger partial charge in [0.25, 0.3) is 0 Å². The zero-order chi connectivity index (χ0) is 13.8. The molecule has 1 fully saturated rings. The number of methoxy groups -OCH3 is 1. The van der Waals surface area contributed by atoms with Crippen LogP contribution in [0.15, 0.2) is 12.1 Å². The maximum atomic E-state index is 13.5. The smallest absolute Gasteiger partial charge is 0.163 e. The molecule has 1 aliphatic rings. The van der Waals surface area contributed by atoms with Crippen LogP contribution in [-0.4, -0.2) is 50.0 Å².